The smallest absolute Gasteiger partial charge is 0.252 e. The highest BCUT2D eigenvalue weighted by molar-refractivity contribution is 8.13. The Kier molecular flexibility index (Phi) is 12.8. The van der Waals surface area contributed by atoms with Crippen LogP contribution in [0.25, 0.3) is 0 Å². The van der Waals surface area contributed by atoms with Gasteiger partial charge in [0.1, 0.15) is 0 Å². The van der Waals surface area contributed by atoms with Crippen molar-refractivity contribution in [1.29, 1.82) is 0 Å². The third-order valence-electron chi connectivity index (χ3n) is 1.04. The highest BCUT2D eigenvalue weighted by Gasteiger charge is 1.94. The van der Waals surface area contributed by atoms with Crippen LogP contribution in [0.4, 0.5) is 0 Å². The van der Waals surface area contributed by atoms with E-state index in [1.807, 2.05) is 0 Å². The zero-order chi connectivity index (χ0) is 8.53. The number of rotatable bonds is 4. The first kappa shape index (κ1) is 14.3. The summed E-state index contributed by atoms with van der Waals surface area (Å²) in [6.45, 7) is 2.14. The maximum absolute atomic E-state index is 5.52. The molecule has 4 nitrogen and oxygen atoms in total. The fraction of sp³-hybridized carbons (Fsp3) is 0.667. The van der Waals surface area contributed by atoms with E-state index in [4.69, 9.17) is 11.6 Å². The summed E-state index contributed by atoms with van der Waals surface area (Å²) >= 11 is 1.58. The van der Waals surface area contributed by atoms with E-state index >= 15 is 0 Å². The van der Waals surface area contributed by atoms with E-state index in [1.165, 1.54) is 19.2 Å². The summed E-state index contributed by atoms with van der Waals surface area (Å²) in [5, 5.41) is 3.90. The number of amidine groups is 1. The molecule has 0 bridgehead atoms. The van der Waals surface area contributed by atoms with Crippen molar-refractivity contribution in [2.75, 3.05) is 5.75 Å². The van der Waals surface area contributed by atoms with Gasteiger partial charge in [-0.3, -0.25) is 5.84 Å². The molecular formula is C6H15BrN4S. The van der Waals surface area contributed by atoms with Crippen LogP contribution in [0.5, 0.6) is 0 Å². The van der Waals surface area contributed by atoms with Crippen LogP contribution in [0.15, 0.2) is 5.10 Å². The van der Waals surface area contributed by atoms with Gasteiger partial charge < -0.3 is 22.7 Å². The summed E-state index contributed by atoms with van der Waals surface area (Å²) in [5.74, 6) is 5.90. The summed E-state index contributed by atoms with van der Waals surface area (Å²) in [6, 6.07) is 0. The third-order valence-corrected chi connectivity index (χ3v) is 1.96. The molecule has 0 fully saturated rings. The van der Waals surface area contributed by atoms with Crippen LogP contribution in [0.1, 0.15) is 19.8 Å². The monoisotopic (exact) mass is 254 g/mol. The molecule has 72 valence electrons. The van der Waals surface area contributed by atoms with Crippen molar-refractivity contribution in [3.05, 3.63) is 0 Å². The van der Waals surface area contributed by atoms with Crippen LogP contribution in [-0.2, 0) is 0 Å². The lowest BCUT2D eigenvalue weighted by atomic mass is 10.4. The van der Waals surface area contributed by atoms with Crippen molar-refractivity contribution in [1.82, 2.24) is 0 Å². The summed E-state index contributed by atoms with van der Waals surface area (Å²) in [5.41, 5.74) is 5.52. The highest BCUT2D eigenvalue weighted by atomic mass is 79.9. The number of unbranched alkanes of at least 4 members (excludes halogenated alkanes) is 1. The van der Waals surface area contributed by atoms with E-state index in [0.717, 1.165) is 5.75 Å². The molecule has 0 rings (SSSR count). The molecule has 0 aromatic carbocycles. The van der Waals surface area contributed by atoms with Crippen LogP contribution < -0.4 is 33.6 Å². The summed E-state index contributed by atoms with van der Waals surface area (Å²) < 4.78 is 0. The molecule has 5 N–H and O–H groups in total. The second-order valence-electron chi connectivity index (χ2n) is 1.99. The predicted molar refractivity (Wildman–Crippen MR) is 50.2 cm³/mol. The average Bonchev–Trinajstić information content (AvgIpc) is 2.01. The second kappa shape index (κ2) is 10.8. The molecule has 12 heavy (non-hydrogen) atoms. The van der Waals surface area contributed by atoms with Crippen LogP contribution in [0.3, 0.4) is 0 Å². The number of hydrazone groups is 1. The van der Waals surface area contributed by atoms with Crippen LogP contribution in [0, 0.1) is 0 Å². The molecule has 0 atom stereocenters. The van der Waals surface area contributed by atoms with Gasteiger partial charge in [-0.15, -0.1) is 0 Å². The molecule has 6 heteroatoms. The van der Waals surface area contributed by atoms with Crippen LogP contribution in [-0.4, -0.2) is 17.3 Å². The van der Waals surface area contributed by atoms with E-state index < -0.39 is 0 Å². The molecule has 0 saturated carbocycles. The van der Waals surface area contributed by atoms with Gasteiger partial charge in [0.15, 0.2) is 0 Å². The Morgan fingerprint density at radius 1 is 1.67 bits per heavy atom. The number of nitrogens with zero attached hydrogens (tertiary/aromatic N) is 1. The van der Waals surface area contributed by atoms with Gasteiger partial charge in [-0.1, -0.05) is 25.1 Å². The second-order valence-corrected chi connectivity index (χ2v) is 3.13. The number of nitrogens with one attached hydrogen (secondary N) is 1. The van der Waals surface area contributed by atoms with Crippen molar-refractivity contribution < 1.29 is 22.0 Å². The Morgan fingerprint density at radius 2 is 2.33 bits per heavy atom. The standard InChI is InChI=1S/C6H14N4S.BrH/c1-2-3-4-11-6(7)9-5-10-8;/h5H,2-4,8H2,1H3,(H2,7,9,10);1H. The molecule has 0 aliphatic rings. The lowest BCUT2D eigenvalue weighted by molar-refractivity contribution is -0.301. The maximum Gasteiger partial charge on any atom is 0.252 e. The molecule has 0 aliphatic carbocycles. The minimum atomic E-state index is 0. The van der Waals surface area contributed by atoms with Crippen molar-refractivity contribution >= 4 is 23.3 Å². The molecule has 0 saturated heterocycles. The van der Waals surface area contributed by atoms with Gasteiger partial charge in [-0.05, 0) is 11.5 Å². The number of hydrogen-bond acceptors (Lipinski definition) is 3. The molecule has 0 spiro atoms. The zero-order valence-electron chi connectivity index (χ0n) is 7.09. The summed E-state index contributed by atoms with van der Waals surface area (Å²) in [6.07, 6.45) is 3.73. The fourth-order valence-corrected chi connectivity index (χ4v) is 1.26. The number of nitrogens with two attached hydrogens (primary N) is 2. The zero-order valence-corrected chi connectivity index (χ0v) is 9.49. The Morgan fingerprint density at radius 3 is 2.83 bits per heavy atom. The summed E-state index contributed by atoms with van der Waals surface area (Å²) in [7, 11) is 0. The SMILES string of the molecule is CCCCSC(N)=[NH+]/C=N/N.[Br-]. The van der Waals surface area contributed by atoms with Crippen molar-refractivity contribution in [3.63, 3.8) is 0 Å². The van der Waals surface area contributed by atoms with Gasteiger partial charge >= 0.3 is 0 Å². The molecule has 0 aromatic rings. The summed E-state index contributed by atoms with van der Waals surface area (Å²) in [4.78, 5) is 2.73. The lowest BCUT2D eigenvalue weighted by Gasteiger charge is -1.92. The molecule has 0 heterocycles. The number of hydrogen-bond donors (Lipinski definition) is 3. The number of halogens is 1. The van der Waals surface area contributed by atoms with Crippen molar-refractivity contribution in [2.45, 2.75) is 19.8 Å². The van der Waals surface area contributed by atoms with Gasteiger partial charge in [-0.25, -0.2) is 4.99 Å². The van der Waals surface area contributed by atoms with E-state index in [1.54, 1.807) is 11.8 Å². The molecule has 0 aromatic heterocycles. The average molecular weight is 255 g/mol. The third kappa shape index (κ3) is 9.77. The lowest BCUT2D eigenvalue weighted by Crippen LogP contribution is -3.00. The van der Waals surface area contributed by atoms with Gasteiger partial charge in [0.05, 0.1) is 0 Å². The Labute approximate surface area is 87.6 Å². The molecule has 0 aliphatic heterocycles. The Bertz CT molecular complexity index is 148. The van der Waals surface area contributed by atoms with Gasteiger partial charge in [0.2, 0.25) is 6.34 Å². The quantitative estimate of drug-likeness (QED) is 0.157. The first-order valence-corrected chi connectivity index (χ1v) is 4.53. The van der Waals surface area contributed by atoms with Crippen molar-refractivity contribution in [2.24, 2.45) is 16.7 Å². The van der Waals surface area contributed by atoms with E-state index in [-0.39, 0.29) is 17.0 Å². The van der Waals surface area contributed by atoms with E-state index in [2.05, 4.69) is 17.0 Å². The molecule has 0 amide bonds. The minimum Gasteiger partial charge on any atom is -1.00 e. The Balaban J connectivity index is 0. The Hall–Kier alpha value is -0.230. The van der Waals surface area contributed by atoms with E-state index in [9.17, 15) is 0 Å². The van der Waals surface area contributed by atoms with Crippen LogP contribution >= 0.6 is 11.8 Å². The van der Waals surface area contributed by atoms with Gasteiger partial charge in [-0.2, -0.15) is 0 Å². The van der Waals surface area contributed by atoms with Crippen molar-refractivity contribution in [3.8, 4) is 0 Å². The fourth-order valence-electron chi connectivity index (χ4n) is 0.469. The highest BCUT2D eigenvalue weighted by Crippen LogP contribution is 2.00. The van der Waals surface area contributed by atoms with Gasteiger partial charge in [0.25, 0.3) is 5.17 Å². The molecule has 0 unspecified atom stereocenters. The van der Waals surface area contributed by atoms with Crippen LogP contribution in [0.2, 0.25) is 0 Å². The number of thioether (sulfide) groups is 1. The minimum absolute atomic E-state index is 0. The largest absolute Gasteiger partial charge is 1.00 e. The van der Waals surface area contributed by atoms with Gasteiger partial charge in [0, 0.05) is 5.75 Å². The first-order chi connectivity index (χ1) is 5.31. The van der Waals surface area contributed by atoms with E-state index in [0.29, 0.717) is 5.17 Å². The molecule has 0 radical (unpaired) electrons. The maximum atomic E-state index is 5.52. The first-order valence-electron chi connectivity index (χ1n) is 3.54. The predicted octanol–water partition coefficient (Wildman–Crippen LogP) is -4.18. The molecular weight excluding hydrogens is 240 g/mol. The normalized spacial score (nSPS) is 11.6. The topological polar surface area (TPSA) is 78.4 Å².